The fourth-order valence-electron chi connectivity index (χ4n) is 3.22. The number of aryl methyl sites for hydroxylation is 1. The van der Waals surface area contributed by atoms with Gasteiger partial charge in [-0.3, -0.25) is 4.79 Å². The number of hydrogen-bond acceptors (Lipinski definition) is 6. The molecule has 0 bridgehead atoms. The van der Waals surface area contributed by atoms with Crippen LogP contribution in [0.4, 0.5) is 0 Å². The lowest BCUT2D eigenvalue weighted by Crippen LogP contribution is -2.28. The van der Waals surface area contributed by atoms with Crippen molar-refractivity contribution in [2.75, 3.05) is 6.79 Å². The SMILES string of the molecule is Cc1ccc(S(=O)(=O)NCc2ccco2)cc1C(=O)NC(C)c1ccc2c(c1)OCO2. The van der Waals surface area contributed by atoms with E-state index in [2.05, 4.69) is 10.0 Å². The molecule has 2 N–H and O–H groups in total. The lowest BCUT2D eigenvalue weighted by molar-refractivity contribution is 0.0939. The molecule has 0 spiro atoms. The molecule has 8 nitrogen and oxygen atoms in total. The van der Waals surface area contributed by atoms with Crippen molar-refractivity contribution in [1.82, 2.24) is 10.0 Å². The van der Waals surface area contributed by atoms with Gasteiger partial charge in [0, 0.05) is 5.56 Å². The highest BCUT2D eigenvalue weighted by molar-refractivity contribution is 7.89. The minimum Gasteiger partial charge on any atom is -0.468 e. The standard InChI is InChI=1S/C22H22N2O6S/c1-14-5-7-18(31(26,27)23-12-17-4-3-9-28-17)11-19(14)22(25)24-15(2)16-6-8-20-21(10-16)30-13-29-20/h3-11,15,23H,12-13H2,1-2H3,(H,24,25). The molecule has 9 heteroatoms. The lowest BCUT2D eigenvalue weighted by Gasteiger charge is -2.16. The van der Waals surface area contributed by atoms with Gasteiger partial charge in [0.1, 0.15) is 5.76 Å². The quantitative estimate of drug-likeness (QED) is 0.582. The van der Waals surface area contributed by atoms with Crippen LogP contribution >= 0.6 is 0 Å². The first kappa shape index (κ1) is 21.0. The van der Waals surface area contributed by atoms with Gasteiger partial charge in [-0.25, -0.2) is 13.1 Å². The summed E-state index contributed by atoms with van der Waals surface area (Å²) in [6.07, 6.45) is 1.47. The van der Waals surface area contributed by atoms with E-state index in [-0.39, 0.29) is 35.7 Å². The predicted molar refractivity (Wildman–Crippen MR) is 112 cm³/mol. The number of amides is 1. The van der Waals surface area contributed by atoms with Crippen LogP contribution in [-0.4, -0.2) is 21.1 Å². The van der Waals surface area contributed by atoms with Gasteiger partial charge in [0.25, 0.3) is 5.91 Å². The Morgan fingerprint density at radius 3 is 2.68 bits per heavy atom. The van der Waals surface area contributed by atoms with Crippen LogP contribution in [0.1, 0.15) is 40.2 Å². The molecular formula is C22H22N2O6S. The van der Waals surface area contributed by atoms with Crippen LogP contribution in [0, 0.1) is 6.92 Å². The molecule has 0 aliphatic carbocycles. The summed E-state index contributed by atoms with van der Waals surface area (Å²) >= 11 is 0. The van der Waals surface area contributed by atoms with Crippen LogP contribution in [0.2, 0.25) is 0 Å². The third-order valence-corrected chi connectivity index (χ3v) is 6.42. The number of carbonyl (C=O) groups excluding carboxylic acids is 1. The Bertz CT molecular complexity index is 1200. The minimum absolute atomic E-state index is 0.00513. The summed E-state index contributed by atoms with van der Waals surface area (Å²) in [6.45, 7) is 3.79. The molecule has 0 radical (unpaired) electrons. The zero-order chi connectivity index (χ0) is 22.0. The Balaban J connectivity index is 1.50. The van der Waals surface area contributed by atoms with E-state index in [0.29, 0.717) is 22.8 Å². The maximum Gasteiger partial charge on any atom is 0.252 e. The van der Waals surface area contributed by atoms with Gasteiger partial charge in [-0.1, -0.05) is 12.1 Å². The van der Waals surface area contributed by atoms with Gasteiger partial charge in [0.15, 0.2) is 11.5 Å². The van der Waals surface area contributed by atoms with Gasteiger partial charge >= 0.3 is 0 Å². The van der Waals surface area contributed by atoms with Gasteiger partial charge in [0.2, 0.25) is 16.8 Å². The Kier molecular flexibility index (Phi) is 5.71. The van der Waals surface area contributed by atoms with Crippen LogP contribution in [0.25, 0.3) is 0 Å². The van der Waals surface area contributed by atoms with E-state index in [9.17, 15) is 13.2 Å². The van der Waals surface area contributed by atoms with E-state index in [1.54, 1.807) is 31.2 Å². The normalized spacial score (nSPS) is 13.7. The summed E-state index contributed by atoms with van der Waals surface area (Å²) in [6, 6.07) is 13.0. The molecule has 0 saturated carbocycles. The second-order valence-corrected chi connectivity index (χ2v) is 8.96. The predicted octanol–water partition coefficient (Wildman–Crippen LogP) is 3.29. The van der Waals surface area contributed by atoms with Crippen molar-refractivity contribution in [1.29, 1.82) is 0 Å². The topological polar surface area (TPSA) is 107 Å². The minimum atomic E-state index is -3.82. The maximum absolute atomic E-state index is 12.9. The monoisotopic (exact) mass is 442 g/mol. The molecule has 2 aromatic carbocycles. The average Bonchev–Trinajstić information content (AvgIpc) is 3.43. The Hall–Kier alpha value is -3.30. The van der Waals surface area contributed by atoms with Crippen molar-refractivity contribution in [3.63, 3.8) is 0 Å². The molecule has 1 aromatic heterocycles. The number of nitrogens with one attached hydrogen (secondary N) is 2. The molecule has 1 atom stereocenters. The van der Waals surface area contributed by atoms with Gasteiger partial charge in [0.05, 0.1) is 23.7 Å². The largest absolute Gasteiger partial charge is 0.468 e. The van der Waals surface area contributed by atoms with E-state index in [1.807, 2.05) is 19.1 Å². The van der Waals surface area contributed by atoms with Crippen LogP contribution in [-0.2, 0) is 16.6 Å². The van der Waals surface area contributed by atoms with Crippen molar-refractivity contribution < 1.29 is 27.1 Å². The average molecular weight is 442 g/mol. The molecule has 1 aliphatic heterocycles. The number of carbonyl (C=O) groups is 1. The summed E-state index contributed by atoms with van der Waals surface area (Å²) in [5.74, 6) is 1.42. The third kappa shape index (κ3) is 4.57. The number of benzene rings is 2. The first-order valence-electron chi connectivity index (χ1n) is 9.66. The molecule has 31 heavy (non-hydrogen) atoms. The Morgan fingerprint density at radius 2 is 1.90 bits per heavy atom. The summed E-state index contributed by atoms with van der Waals surface area (Å²) < 4.78 is 43.6. The molecule has 2 heterocycles. The summed E-state index contributed by atoms with van der Waals surface area (Å²) in [7, 11) is -3.82. The first-order valence-corrected chi connectivity index (χ1v) is 11.1. The molecule has 162 valence electrons. The summed E-state index contributed by atoms with van der Waals surface area (Å²) in [5.41, 5.74) is 1.80. The van der Waals surface area contributed by atoms with E-state index >= 15 is 0 Å². The van der Waals surface area contributed by atoms with E-state index < -0.39 is 10.0 Å². The molecule has 1 amide bonds. The van der Waals surface area contributed by atoms with Crippen LogP contribution in [0.3, 0.4) is 0 Å². The summed E-state index contributed by atoms with van der Waals surface area (Å²) in [4.78, 5) is 12.9. The van der Waals surface area contributed by atoms with E-state index in [0.717, 1.165) is 5.56 Å². The zero-order valence-corrected chi connectivity index (χ0v) is 17.9. The van der Waals surface area contributed by atoms with E-state index in [1.165, 1.54) is 18.4 Å². The second-order valence-electron chi connectivity index (χ2n) is 7.19. The zero-order valence-electron chi connectivity index (χ0n) is 17.0. The highest BCUT2D eigenvalue weighted by atomic mass is 32.2. The Morgan fingerprint density at radius 1 is 1.10 bits per heavy atom. The first-order chi connectivity index (χ1) is 14.8. The molecule has 0 fully saturated rings. The van der Waals surface area contributed by atoms with Gasteiger partial charge in [-0.15, -0.1) is 0 Å². The van der Waals surface area contributed by atoms with Crippen LogP contribution < -0.4 is 19.5 Å². The number of rotatable bonds is 7. The van der Waals surface area contributed by atoms with Crippen molar-refractivity contribution in [2.24, 2.45) is 0 Å². The fraction of sp³-hybridized carbons (Fsp3) is 0.227. The number of furan rings is 1. The number of ether oxygens (including phenoxy) is 2. The molecule has 1 unspecified atom stereocenters. The highest BCUT2D eigenvalue weighted by Crippen LogP contribution is 2.34. The van der Waals surface area contributed by atoms with Crippen molar-refractivity contribution in [3.8, 4) is 11.5 Å². The number of sulfonamides is 1. The lowest BCUT2D eigenvalue weighted by atomic mass is 10.1. The van der Waals surface area contributed by atoms with Crippen LogP contribution in [0.15, 0.2) is 64.1 Å². The number of fused-ring (bicyclic) bond motifs is 1. The van der Waals surface area contributed by atoms with Crippen molar-refractivity contribution >= 4 is 15.9 Å². The highest BCUT2D eigenvalue weighted by Gasteiger charge is 2.21. The third-order valence-electron chi connectivity index (χ3n) is 5.02. The molecule has 1 aliphatic rings. The maximum atomic E-state index is 12.9. The van der Waals surface area contributed by atoms with Gasteiger partial charge in [-0.2, -0.15) is 0 Å². The van der Waals surface area contributed by atoms with Crippen molar-refractivity contribution in [3.05, 3.63) is 77.2 Å². The second kappa shape index (κ2) is 8.44. The number of hydrogen-bond donors (Lipinski definition) is 2. The molecule has 4 rings (SSSR count). The van der Waals surface area contributed by atoms with Crippen molar-refractivity contribution in [2.45, 2.75) is 31.3 Å². The van der Waals surface area contributed by atoms with Gasteiger partial charge < -0.3 is 19.2 Å². The molecule has 3 aromatic rings. The van der Waals surface area contributed by atoms with E-state index in [4.69, 9.17) is 13.9 Å². The smallest absolute Gasteiger partial charge is 0.252 e. The molecule has 0 saturated heterocycles. The summed E-state index contributed by atoms with van der Waals surface area (Å²) in [5, 5.41) is 2.91. The fourth-order valence-corrected chi connectivity index (χ4v) is 4.23. The van der Waals surface area contributed by atoms with Gasteiger partial charge in [-0.05, 0) is 61.4 Å². The Labute approximate surface area is 180 Å². The molecular weight excluding hydrogens is 420 g/mol. The van der Waals surface area contributed by atoms with Crippen LogP contribution in [0.5, 0.6) is 11.5 Å².